The Balaban J connectivity index is 1.39. The van der Waals surface area contributed by atoms with E-state index in [2.05, 4.69) is 5.32 Å². The van der Waals surface area contributed by atoms with Gasteiger partial charge in [-0.2, -0.15) is 0 Å². The van der Waals surface area contributed by atoms with Gasteiger partial charge in [0.15, 0.2) is 5.16 Å². The molecule has 168 valence electrons. The molecule has 0 spiro atoms. The third-order valence-corrected chi connectivity index (χ3v) is 9.36. The van der Waals surface area contributed by atoms with Crippen LogP contribution in [0.25, 0.3) is 10.2 Å². The van der Waals surface area contributed by atoms with Crippen LogP contribution < -0.4 is 16.6 Å². The topological polar surface area (TPSA) is 107 Å². The fourth-order valence-electron chi connectivity index (χ4n) is 4.63. The van der Waals surface area contributed by atoms with Crippen molar-refractivity contribution in [3.05, 3.63) is 36.8 Å². The molecule has 7 nitrogen and oxygen atoms in total. The molecule has 0 saturated heterocycles. The molecule has 0 unspecified atom stereocenters. The minimum Gasteiger partial charge on any atom is -0.365 e. The Morgan fingerprint density at radius 3 is 2.56 bits per heavy atom. The van der Waals surface area contributed by atoms with Gasteiger partial charge in [0.25, 0.3) is 11.5 Å². The van der Waals surface area contributed by atoms with Crippen molar-refractivity contribution in [2.45, 2.75) is 63.6 Å². The number of thioether (sulfide) groups is 1. The Hall–Kier alpha value is -2.17. The van der Waals surface area contributed by atoms with Crippen molar-refractivity contribution in [1.82, 2.24) is 9.55 Å². The predicted octanol–water partition coefficient (Wildman–Crippen LogP) is 3.74. The van der Waals surface area contributed by atoms with Crippen molar-refractivity contribution >= 4 is 61.5 Å². The lowest BCUT2D eigenvalue weighted by molar-refractivity contribution is -0.113. The average molecular weight is 489 g/mol. The first-order chi connectivity index (χ1) is 15.5. The number of nitrogens with two attached hydrogens (primary N) is 1. The van der Waals surface area contributed by atoms with Gasteiger partial charge >= 0.3 is 0 Å². The molecule has 0 radical (unpaired) electrons. The molecule has 3 aromatic heterocycles. The lowest BCUT2D eigenvalue weighted by Gasteiger charge is -2.11. The highest BCUT2D eigenvalue weighted by molar-refractivity contribution is 7.99. The number of nitrogens with zero attached hydrogens (tertiary/aromatic N) is 2. The van der Waals surface area contributed by atoms with Crippen LogP contribution in [0.3, 0.4) is 0 Å². The lowest BCUT2D eigenvalue weighted by Crippen LogP contribution is -2.24. The van der Waals surface area contributed by atoms with Crippen LogP contribution >= 0.6 is 34.4 Å². The number of rotatable bonds is 7. The molecule has 32 heavy (non-hydrogen) atoms. The van der Waals surface area contributed by atoms with Gasteiger partial charge in [0.05, 0.1) is 16.7 Å². The second-order valence-corrected chi connectivity index (χ2v) is 11.3. The summed E-state index contributed by atoms with van der Waals surface area (Å²) in [4.78, 5) is 45.9. The molecule has 0 saturated carbocycles. The minimum absolute atomic E-state index is 0.00450. The number of carbonyl (C=O) groups is 2. The van der Waals surface area contributed by atoms with Gasteiger partial charge in [0.1, 0.15) is 9.83 Å². The molecule has 2 amide bonds. The zero-order valence-electron chi connectivity index (χ0n) is 17.8. The van der Waals surface area contributed by atoms with Gasteiger partial charge in [0.2, 0.25) is 5.91 Å². The number of nitrogens with one attached hydrogen (secondary N) is 1. The summed E-state index contributed by atoms with van der Waals surface area (Å²) in [5.74, 6) is -0.626. The second-order valence-electron chi connectivity index (χ2n) is 8.15. The lowest BCUT2D eigenvalue weighted by atomic mass is 10.1. The van der Waals surface area contributed by atoms with Gasteiger partial charge in [-0.15, -0.1) is 22.7 Å². The normalized spacial score (nSPS) is 14.7. The third-order valence-electron chi connectivity index (χ3n) is 5.99. The van der Waals surface area contributed by atoms with Crippen LogP contribution in [0.15, 0.2) is 9.95 Å². The zero-order chi connectivity index (χ0) is 22.4. The molecule has 10 heteroatoms. The van der Waals surface area contributed by atoms with E-state index in [9.17, 15) is 14.4 Å². The number of amides is 2. The Morgan fingerprint density at radius 2 is 1.84 bits per heavy atom. The first-order valence-corrected chi connectivity index (χ1v) is 13.5. The highest BCUT2D eigenvalue weighted by Crippen LogP contribution is 2.39. The maximum absolute atomic E-state index is 13.3. The van der Waals surface area contributed by atoms with E-state index in [0.29, 0.717) is 22.3 Å². The summed E-state index contributed by atoms with van der Waals surface area (Å²) < 4.78 is 1.71. The van der Waals surface area contributed by atoms with Crippen LogP contribution in [0.2, 0.25) is 0 Å². The number of fused-ring (bicyclic) bond motifs is 4. The standard InChI is InChI=1S/C22H24N4O3S3/c1-2-9-26-21(29)17-12-6-4-8-14(12)32-20(17)25-22(26)30-10-15(27)24-19-16(18(23)28)11-5-3-7-13(11)31-19/h2-10H2,1H3,(H2,23,28)(H,24,27). The molecular weight excluding hydrogens is 464 g/mol. The molecular formula is C22H24N4O3S3. The van der Waals surface area contributed by atoms with E-state index in [1.807, 2.05) is 6.92 Å². The summed E-state index contributed by atoms with van der Waals surface area (Å²) in [6.45, 7) is 2.59. The number of aryl methyl sites for hydroxylation is 3. The molecule has 3 aromatic rings. The fourth-order valence-corrected chi connectivity index (χ4v) is 8.07. The average Bonchev–Trinajstić information content (AvgIpc) is 3.48. The van der Waals surface area contributed by atoms with E-state index in [1.54, 1.807) is 15.9 Å². The van der Waals surface area contributed by atoms with Crippen LogP contribution in [0, 0.1) is 0 Å². The van der Waals surface area contributed by atoms with Crippen LogP contribution in [0.4, 0.5) is 5.00 Å². The van der Waals surface area contributed by atoms with Gasteiger partial charge < -0.3 is 11.1 Å². The van der Waals surface area contributed by atoms with E-state index in [4.69, 9.17) is 10.7 Å². The van der Waals surface area contributed by atoms with Crippen LogP contribution in [0.5, 0.6) is 0 Å². The van der Waals surface area contributed by atoms with E-state index < -0.39 is 5.91 Å². The molecule has 0 atom stereocenters. The number of hydrogen-bond donors (Lipinski definition) is 2. The Morgan fingerprint density at radius 1 is 1.12 bits per heavy atom. The van der Waals surface area contributed by atoms with Gasteiger partial charge in [0, 0.05) is 16.3 Å². The first kappa shape index (κ1) is 21.7. The number of primary amides is 1. The first-order valence-electron chi connectivity index (χ1n) is 10.9. The maximum Gasteiger partial charge on any atom is 0.263 e. The molecule has 2 aliphatic carbocycles. The van der Waals surface area contributed by atoms with E-state index >= 15 is 0 Å². The summed E-state index contributed by atoms with van der Waals surface area (Å²) >= 11 is 4.32. The number of anilines is 1. The summed E-state index contributed by atoms with van der Waals surface area (Å²) in [5.41, 5.74) is 8.21. The highest BCUT2D eigenvalue weighted by atomic mass is 32.2. The van der Waals surface area contributed by atoms with E-state index in [0.717, 1.165) is 65.6 Å². The monoisotopic (exact) mass is 488 g/mol. The SMILES string of the molecule is CCCn1c(SCC(=O)Nc2sc3c(c2C(N)=O)CCC3)nc2sc3c(c2c1=O)CCC3. The summed E-state index contributed by atoms with van der Waals surface area (Å²) in [7, 11) is 0. The van der Waals surface area contributed by atoms with Crippen molar-refractivity contribution in [2.75, 3.05) is 11.1 Å². The quantitative estimate of drug-likeness (QED) is 0.389. The number of aromatic nitrogens is 2. The van der Waals surface area contributed by atoms with Gasteiger partial charge in [-0.3, -0.25) is 19.0 Å². The molecule has 0 fully saturated rings. The smallest absolute Gasteiger partial charge is 0.263 e. The van der Waals surface area contributed by atoms with Crippen molar-refractivity contribution < 1.29 is 9.59 Å². The maximum atomic E-state index is 13.3. The predicted molar refractivity (Wildman–Crippen MR) is 130 cm³/mol. The van der Waals surface area contributed by atoms with Gasteiger partial charge in [-0.1, -0.05) is 18.7 Å². The molecule has 5 rings (SSSR count). The summed E-state index contributed by atoms with van der Waals surface area (Å²) in [5, 5.41) is 4.75. The molecule has 2 aliphatic rings. The number of thiophene rings is 2. The van der Waals surface area contributed by atoms with E-state index in [1.165, 1.54) is 33.5 Å². The molecule has 0 aromatic carbocycles. The van der Waals surface area contributed by atoms with Crippen molar-refractivity contribution in [3.63, 3.8) is 0 Å². The Labute approximate surface area is 197 Å². The van der Waals surface area contributed by atoms with Crippen LogP contribution in [0.1, 0.15) is 57.4 Å². The van der Waals surface area contributed by atoms with Crippen LogP contribution in [-0.4, -0.2) is 27.1 Å². The van der Waals surface area contributed by atoms with Gasteiger partial charge in [-0.05, 0) is 56.1 Å². The second kappa shape index (κ2) is 8.64. The largest absolute Gasteiger partial charge is 0.365 e. The number of hydrogen-bond acceptors (Lipinski definition) is 7. The molecule has 3 heterocycles. The third kappa shape index (κ3) is 3.68. The van der Waals surface area contributed by atoms with Crippen molar-refractivity contribution in [1.29, 1.82) is 0 Å². The van der Waals surface area contributed by atoms with Crippen molar-refractivity contribution in [3.8, 4) is 0 Å². The van der Waals surface area contributed by atoms with E-state index in [-0.39, 0.29) is 17.2 Å². The van der Waals surface area contributed by atoms with Crippen molar-refractivity contribution in [2.24, 2.45) is 5.73 Å². The van der Waals surface area contributed by atoms with Crippen LogP contribution in [-0.2, 0) is 37.0 Å². The fraction of sp³-hybridized carbons (Fsp3) is 0.455. The summed E-state index contributed by atoms with van der Waals surface area (Å²) in [6.07, 6.45) is 6.63. The highest BCUT2D eigenvalue weighted by Gasteiger charge is 2.27. The molecule has 0 bridgehead atoms. The molecule has 3 N–H and O–H groups in total. The molecule has 0 aliphatic heterocycles. The zero-order valence-corrected chi connectivity index (χ0v) is 20.2. The Bertz CT molecular complexity index is 1300. The minimum atomic E-state index is -0.498. The Kier molecular flexibility index (Phi) is 5.85. The summed E-state index contributed by atoms with van der Waals surface area (Å²) in [6, 6.07) is 0. The number of carbonyl (C=O) groups excluding carboxylic acids is 2. The van der Waals surface area contributed by atoms with Gasteiger partial charge in [-0.25, -0.2) is 4.98 Å².